The van der Waals surface area contributed by atoms with E-state index in [1.807, 2.05) is 6.07 Å². The fourth-order valence-electron chi connectivity index (χ4n) is 3.00. The quantitative estimate of drug-likeness (QED) is 0.881. The Balaban J connectivity index is 2.12. The molecule has 1 saturated carbocycles. The number of pyridine rings is 1. The van der Waals surface area contributed by atoms with Crippen LogP contribution in [0.5, 0.6) is 0 Å². The van der Waals surface area contributed by atoms with Gasteiger partial charge in [0.05, 0.1) is 5.52 Å². The molecule has 94 valence electrons. The lowest BCUT2D eigenvalue weighted by molar-refractivity contribution is 0.441. The molecule has 0 atom stereocenters. The van der Waals surface area contributed by atoms with Crippen LogP contribution in [0.1, 0.15) is 31.4 Å². The number of nitrogens with two attached hydrogens (primary N) is 1. The normalized spacial score (nSPS) is 18.3. The van der Waals surface area contributed by atoms with Gasteiger partial charge in [0, 0.05) is 29.1 Å². The average Bonchev–Trinajstić information content (AvgIpc) is 2.88. The maximum atomic E-state index is 13.3. The van der Waals surface area contributed by atoms with Gasteiger partial charge in [-0.3, -0.25) is 4.98 Å². The van der Waals surface area contributed by atoms with Gasteiger partial charge >= 0.3 is 0 Å². The van der Waals surface area contributed by atoms with Crippen LogP contribution in [0, 0.1) is 5.82 Å². The fourth-order valence-corrected chi connectivity index (χ4v) is 3.00. The van der Waals surface area contributed by atoms with Gasteiger partial charge in [-0.05, 0) is 31.0 Å². The van der Waals surface area contributed by atoms with E-state index in [9.17, 15) is 4.39 Å². The van der Waals surface area contributed by atoms with E-state index in [1.54, 1.807) is 6.07 Å². The van der Waals surface area contributed by atoms with Crippen molar-refractivity contribution in [3.8, 4) is 0 Å². The summed E-state index contributed by atoms with van der Waals surface area (Å²) in [5, 5.41) is 0.977. The molecule has 0 spiro atoms. The predicted octanol–water partition coefficient (Wildman–Crippen LogP) is 3.14. The van der Waals surface area contributed by atoms with E-state index in [4.69, 9.17) is 5.73 Å². The number of fused-ring (bicyclic) bond motifs is 1. The molecule has 2 nitrogen and oxygen atoms in total. The fraction of sp³-hybridized carbons (Fsp3) is 0.400. The predicted molar refractivity (Wildman–Crippen MR) is 70.9 cm³/mol. The molecule has 3 rings (SSSR count). The van der Waals surface area contributed by atoms with Gasteiger partial charge in [0.15, 0.2) is 0 Å². The van der Waals surface area contributed by atoms with Crippen LogP contribution < -0.4 is 5.73 Å². The molecule has 0 saturated heterocycles. The van der Waals surface area contributed by atoms with Gasteiger partial charge in [-0.1, -0.05) is 18.9 Å². The molecular formula is C15H17FN2. The Morgan fingerprint density at radius 2 is 1.89 bits per heavy atom. The van der Waals surface area contributed by atoms with E-state index >= 15 is 0 Å². The smallest absolute Gasteiger partial charge is 0.125 e. The van der Waals surface area contributed by atoms with Crippen molar-refractivity contribution in [2.75, 3.05) is 6.54 Å². The number of halogens is 1. The van der Waals surface area contributed by atoms with Crippen molar-refractivity contribution in [3.63, 3.8) is 0 Å². The summed E-state index contributed by atoms with van der Waals surface area (Å²) < 4.78 is 13.3. The first-order valence-corrected chi connectivity index (χ1v) is 6.50. The molecular weight excluding hydrogens is 227 g/mol. The molecule has 1 aromatic carbocycles. The first-order valence-electron chi connectivity index (χ1n) is 6.50. The molecule has 0 radical (unpaired) electrons. The summed E-state index contributed by atoms with van der Waals surface area (Å²) in [5.41, 5.74) is 7.73. The largest absolute Gasteiger partial charge is 0.330 e. The summed E-state index contributed by atoms with van der Waals surface area (Å²) in [5.74, 6) is -0.236. The molecule has 1 aromatic heterocycles. The van der Waals surface area contributed by atoms with Crippen LogP contribution in [0.15, 0.2) is 30.3 Å². The van der Waals surface area contributed by atoms with Crippen molar-refractivity contribution >= 4 is 10.9 Å². The zero-order chi connectivity index (χ0) is 12.6. The van der Waals surface area contributed by atoms with Crippen LogP contribution in [0.4, 0.5) is 4.39 Å². The van der Waals surface area contributed by atoms with Crippen molar-refractivity contribution in [2.45, 2.75) is 31.1 Å². The summed E-state index contributed by atoms with van der Waals surface area (Å²) in [4.78, 5) is 4.64. The standard InChI is InChI=1S/C15H17FN2/c16-12-5-3-11-4-6-14(18-13(11)9-12)15(10-17)7-1-2-8-15/h3-6,9H,1-2,7-8,10,17H2. The van der Waals surface area contributed by atoms with E-state index in [0.29, 0.717) is 6.54 Å². The lowest BCUT2D eigenvalue weighted by atomic mass is 9.82. The molecule has 0 bridgehead atoms. The Labute approximate surface area is 106 Å². The highest BCUT2D eigenvalue weighted by Gasteiger charge is 2.35. The minimum absolute atomic E-state index is 0.0144. The molecule has 1 aliphatic carbocycles. The van der Waals surface area contributed by atoms with Crippen molar-refractivity contribution in [1.29, 1.82) is 0 Å². The molecule has 0 unspecified atom stereocenters. The summed E-state index contributed by atoms with van der Waals surface area (Å²) in [6.07, 6.45) is 4.61. The highest BCUT2D eigenvalue weighted by molar-refractivity contribution is 5.78. The molecule has 1 aliphatic rings. The molecule has 0 aliphatic heterocycles. The highest BCUT2D eigenvalue weighted by atomic mass is 19.1. The van der Waals surface area contributed by atoms with Gasteiger partial charge < -0.3 is 5.73 Å². The van der Waals surface area contributed by atoms with Crippen LogP contribution in [0.2, 0.25) is 0 Å². The minimum atomic E-state index is -0.236. The van der Waals surface area contributed by atoms with E-state index in [2.05, 4.69) is 11.1 Å². The Kier molecular flexibility index (Phi) is 2.78. The maximum absolute atomic E-state index is 13.3. The first kappa shape index (κ1) is 11.6. The van der Waals surface area contributed by atoms with E-state index in [1.165, 1.54) is 25.0 Å². The summed E-state index contributed by atoms with van der Waals surface area (Å²) in [6, 6.07) is 8.81. The molecule has 0 amide bonds. The number of benzene rings is 1. The van der Waals surface area contributed by atoms with Gasteiger partial charge in [0.1, 0.15) is 5.82 Å². The van der Waals surface area contributed by atoms with Crippen molar-refractivity contribution < 1.29 is 4.39 Å². The van der Waals surface area contributed by atoms with E-state index in [-0.39, 0.29) is 11.2 Å². The summed E-state index contributed by atoms with van der Waals surface area (Å²) in [7, 11) is 0. The lowest BCUT2D eigenvalue weighted by Gasteiger charge is -2.26. The van der Waals surface area contributed by atoms with Gasteiger partial charge in [-0.15, -0.1) is 0 Å². The van der Waals surface area contributed by atoms with Gasteiger partial charge in [-0.25, -0.2) is 4.39 Å². The van der Waals surface area contributed by atoms with Crippen molar-refractivity contribution in [2.24, 2.45) is 5.73 Å². The van der Waals surface area contributed by atoms with Gasteiger partial charge in [0.2, 0.25) is 0 Å². The van der Waals surface area contributed by atoms with Crippen LogP contribution >= 0.6 is 0 Å². The Bertz CT molecular complexity index is 574. The van der Waals surface area contributed by atoms with E-state index < -0.39 is 0 Å². The summed E-state index contributed by atoms with van der Waals surface area (Å²) in [6.45, 7) is 0.626. The van der Waals surface area contributed by atoms with Crippen molar-refractivity contribution in [3.05, 3.63) is 41.8 Å². The third-order valence-electron chi connectivity index (χ3n) is 4.15. The third-order valence-corrected chi connectivity index (χ3v) is 4.15. The monoisotopic (exact) mass is 244 g/mol. The Morgan fingerprint density at radius 1 is 1.17 bits per heavy atom. The minimum Gasteiger partial charge on any atom is -0.330 e. The number of hydrogen-bond donors (Lipinski definition) is 1. The first-order chi connectivity index (χ1) is 8.73. The van der Waals surface area contributed by atoms with Crippen molar-refractivity contribution in [1.82, 2.24) is 4.98 Å². The second-order valence-electron chi connectivity index (χ2n) is 5.23. The number of aromatic nitrogens is 1. The zero-order valence-corrected chi connectivity index (χ0v) is 10.3. The van der Waals surface area contributed by atoms with Crippen LogP contribution in [0.25, 0.3) is 10.9 Å². The summed E-state index contributed by atoms with van der Waals surface area (Å²) >= 11 is 0. The second-order valence-corrected chi connectivity index (χ2v) is 5.23. The molecule has 2 aromatic rings. The number of nitrogens with zero attached hydrogens (tertiary/aromatic N) is 1. The number of rotatable bonds is 2. The van der Waals surface area contributed by atoms with Crippen LogP contribution in [-0.2, 0) is 5.41 Å². The van der Waals surface area contributed by atoms with Crippen LogP contribution in [0.3, 0.4) is 0 Å². The lowest BCUT2D eigenvalue weighted by Crippen LogP contribution is -2.32. The van der Waals surface area contributed by atoms with Gasteiger partial charge in [0.25, 0.3) is 0 Å². The SMILES string of the molecule is NCC1(c2ccc3ccc(F)cc3n2)CCCC1. The highest BCUT2D eigenvalue weighted by Crippen LogP contribution is 2.39. The Morgan fingerprint density at radius 3 is 2.61 bits per heavy atom. The maximum Gasteiger partial charge on any atom is 0.125 e. The molecule has 1 fully saturated rings. The Hall–Kier alpha value is -1.48. The topological polar surface area (TPSA) is 38.9 Å². The number of hydrogen-bond acceptors (Lipinski definition) is 2. The average molecular weight is 244 g/mol. The molecule has 2 N–H and O–H groups in total. The second kappa shape index (κ2) is 4.32. The third kappa shape index (κ3) is 1.79. The molecule has 3 heteroatoms. The van der Waals surface area contributed by atoms with Gasteiger partial charge in [-0.2, -0.15) is 0 Å². The molecule has 18 heavy (non-hydrogen) atoms. The molecule has 1 heterocycles. The van der Waals surface area contributed by atoms with E-state index in [0.717, 1.165) is 29.4 Å². The van der Waals surface area contributed by atoms with Crippen LogP contribution in [-0.4, -0.2) is 11.5 Å². The zero-order valence-electron chi connectivity index (χ0n) is 10.3.